The summed E-state index contributed by atoms with van der Waals surface area (Å²) < 4.78 is 0. The molecule has 1 aliphatic carbocycles. The van der Waals surface area contributed by atoms with Crippen LogP contribution in [0.4, 0.5) is 0 Å². The summed E-state index contributed by atoms with van der Waals surface area (Å²) in [6.07, 6.45) is 2.53. The molecule has 25 heavy (non-hydrogen) atoms. The molecule has 1 aliphatic rings. The second kappa shape index (κ2) is 6.85. The van der Waals surface area contributed by atoms with Crippen molar-refractivity contribution in [2.24, 2.45) is 16.7 Å². The molecule has 0 aliphatic heterocycles. The van der Waals surface area contributed by atoms with Gasteiger partial charge in [0.15, 0.2) is 0 Å². The Hall–Kier alpha value is -2.38. The van der Waals surface area contributed by atoms with Crippen molar-refractivity contribution in [2.45, 2.75) is 47.1 Å². The van der Waals surface area contributed by atoms with Crippen LogP contribution in [0.1, 0.15) is 46.1 Å². The molecule has 1 aromatic rings. The molecule has 0 spiro atoms. The van der Waals surface area contributed by atoms with E-state index in [0.29, 0.717) is 19.4 Å². The summed E-state index contributed by atoms with van der Waals surface area (Å²) in [7, 11) is 0. The summed E-state index contributed by atoms with van der Waals surface area (Å²) in [4.78, 5) is 52.4. The smallest absolute Gasteiger partial charge is 0.325 e. The number of hydrogen-bond donors (Lipinski definition) is 4. The number of aromatic amines is 2. The van der Waals surface area contributed by atoms with Gasteiger partial charge in [0, 0.05) is 25.2 Å². The maximum Gasteiger partial charge on any atom is 0.325 e. The van der Waals surface area contributed by atoms with Gasteiger partial charge in [-0.1, -0.05) is 20.8 Å². The number of aromatic nitrogens is 2. The third-order valence-corrected chi connectivity index (χ3v) is 5.73. The van der Waals surface area contributed by atoms with Gasteiger partial charge in [-0.2, -0.15) is 0 Å². The minimum atomic E-state index is -0.725. The lowest BCUT2D eigenvalue weighted by molar-refractivity contribution is -0.139. The molecule has 1 saturated carbocycles. The molecular weight excluding hydrogens is 324 g/mol. The predicted octanol–water partition coefficient (Wildman–Crippen LogP) is 0.258. The van der Waals surface area contributed by atoms with Gasteiger partial charge in [0.25, 0.3) is 5.56 Å². The number of hydrogen-bond acceptors (Lipinski definition) is 4. The van der Waals surface area contributed by atoms with Crippen LogP contribution in [0.25, 0.3) is 0 Å². The van der Waals surface area contributed by atoms with Gasteiger partial charge in [0.2, 0.25) is 11.8 Å². The first-order valence-electron chi connectivity index (χ1n) is 8.50. The van der Waals surface area contributed by atoms with Crippen LogP contribution in [-0.4, -0.2) is 28.3 Å². The van der Waals surface area contributed by atoms with Crippen LogP contribution in [0, 0.1) is 16.7 Å². The van der Waals surface area contributed by atoms with Gasteiger partial charge in [-0.3, -0.25) is 19.4 Å². The van der Waals surface area contributed by atoms with Crippen LogP contribution >= 0.6 is 0 Å². The Morgan fingerprint density at radius 3 is 2.52 bits per heavy atom. The summed E-state index contributed by atoms with van der Waals surface area (Å²) in [6, 6.07) is 0. The fraction of sp³-hybridized carbons (Fsp3) is 0.647. The lowest BCUT2D eigenvalue weighted by atomic mass is 9.65. The van der Waals surface area contributed by atoms with Crippen molar-refractivity contribution in [3.8, 4) is 0 Å². The Morgan fingerprint density at radius 2 is 1.92 bits per heavy atom. The fourth-order valence-corrected chi connectivity index (χ4v) is 3.60. The lowest BCUT2D eigenvalue weighted by Gasteiger charge is -2.39. The molecule has 0 radical (unpaired) electrons. The Labute approximate surface area is 145 Å². The van der Waals surface area contributed by atoms with E-state index >= 15 is 0 Å². The minimum absolute atomic E-state index is 0.0163. The molecule has 0 bridgehead atoms. The second-order valence-corrected chi connectivity index (χ2v) is 7.32. The Kier molecular flexibility index (Phi) is 5.20. The molecule has 138 valence electrons. The van der Waals surface area contributed by atoms with Gasteiger partial charge >= 0.3 is 5.69 Å². The molecule has 8 nitrogen and oxygen atoms in total. The highest BCUT2D eigenvalue weighted by Crippen LogP contribution is 2.56. The molecule has 8 heteroatoms. The lowest BCUT2D eigenvalue weighted by Crippen LogP contribution is -2.49. The van der Waals surface area contributed by atoms with Crippen LogP contribution in [0.5, 0.6) is 0 Å². The highest BCUT2D eigenvalue weighted by atomic mass is 16.2. The predicted molar refractivity (Wildman–Crippen MR) is 92.8 cm³/mol. The topological polar surface area (TPSA) is 124 Å². The third kappa shape index (κ3) is 3.38. The molecule has 1 fully saturated rings. The van der Waals surface area contributed by atoms with Crippen molar-refractivity contribution >= 4 is 11.8 Å². The van der Waals surface area contributed by atoms with E-state index in [-0.39, 0.29) is 29.8 Å². The number of nitrogens with one attached hydrogen (secondary N) is 4. The SMILES string of the molecule is CCNC(=O)[C@@H]1CC[C@](C)(C(=O)NCc2c[nH]c(=O)[nH]c2=O)C1(C)C. The zero-order valence-electron chi connectivity index (χ0n) is 15.1. The number of carbonyl (C=O) groups excluding carboxylic acids is 2. The maximum absolute atomic E-state index is 12.8. The molecule has 2 rings (SSSR count). The van der Waals surface area contributed by atoms with E-state index in [9.17, 15) is 19.2 Å². The van der Waals surface area contributed by atoms with E-state index in [1.54, 1.807) is 0 Å². The molecule has 1 heterocycles. The van der Waals surface area contributed by atoms with E-state index in [0.717, 1.165) is 0 Å². The summed E-state index contributed by atoms with van der Waals surface area (Å²) in [5, 5.41) is 5.62. The van der Waals surface area contributed by atoms with Crippen LogP contribution in [-0.2, 0) is 16.1 Å². The molecule has 0 unspecified atom stereocenters. The molecule has 1 aromatic heterocycles. The van der Waals surface area contributed by atoms with Crippen LogP contribution in [0.2, 0.25) is 0 Å². The summed E-state index contributed by atoms with van der Waals surface area (Å²) in [6.45, 7) is 8.18. The number of rotatable bonds is 5. The fourth-order valence-electron chi connectivity index (χ4n) is 3.60. The normalized spacial score (nSPS) is 24.7. The van der Waals surface area contributed by atoms with Crippen molar-refractivity contribution in [3.05, 3.63) is 32.6 Å². The largest absolute Gasteiger partial charge is 0.356 e. The summed E-state index contributed by atoms with van der Waals surface area (Å²) >= 11 is 0. The van der Waals surface area contributed by atoms with Gasteiger partial charge in [-0.25, -0.2) is 4.79 Å². The monoisotopic (exact) mass is 350 g/mol. The van der Waals surface area contributed by atoms with Gasteiger partial charge in [-0.15, -0.1) is 0 Å². The van der Waals surface area contributed by atoms with Crippen molar-refractivity contribution in [1.82, 2.24) is 20.6 Å². The number of carbonyl (C=O) groups is 2. The van der Waals surface area contributed by atoms with Gasteiger partial charge < -0.3 is 15.6 Å². The van der Waals surface area contributed by atoms with Gasteiger partial charge in [0.1, 0.15) is 0 Å². The first-order valence-corrected chi connectivity index (χ1v) is 8.50. The Bertz CT molecular complexity index is 779. The minimum Gasteiger partial charge on any atom is -0.356 e. The molecule has 2 amide bonds. The van der Waals surface area contributed by atoms with Crippen molar-refractivity contribution in [1.29, 1.82) is 0 Å². The number of H-pyrrole nitrogens is 2. The zero-order valence-corrected chi connectivity index (χ0v) is 15.1. The second-order valence-electron chi connectivity index (χ2n) is 7.32. The molecule has 0 aromatic carbocycles. The van der Waals surface area contributed by atoms with Gasteiger partial charge in [0.05, 0.1) is 11.0 Å². The summed E-state index contributed by atoms with van der Waals surface area (Å²) in [5.74, 6) is -0.462. The first kappa shape index (κ1) is 19.0. The van der Waals surface area contributed by atoms with E-state index in [1.807, 2.05) is 27.7 Å². The molecule has 2 atom stereocenters. The molecule has 4 N–H and O–H groups in total. The van der Waals surface area contributed by atoms with Crippen LogP contribution in [0.15, 0.2) is 15.8 Å². The molecule has 0 saturated heterocycles. The first-order chi connectivity index (χ1) is 11.6. The highest BCUT2D eigenvalue weighted by molar-refractivity contribution is 5.87. The van der Waals surface area contributed by atoms with E-state index in [2.05, 4.69) is 20.6 Å². The quantitative estimate of drug-likeness (QED) is 0.608. The standard InChI is InChI=1S/C17H26N4O4/c1-5-18-13(23)11-6-7-17(4,16(11,2)3)14(24)19-8-10-9-20-15(25)21-12(10)22/h9,11H,5-8H2,1-4H3,(H,18,23)(H,19,24)(H2,20,21,22,25)/t11-,17+/m0/s1. The van der Waals surface area contributed by atoms with Crippen molar-refractivity contribution < 1.29 is 9.59 Å². The van der Waals surface area contributed by atoms with E-state index in [1.165, 1.54) is 6.20 Å². The van der Waals surface area contributed by atoms with E-state index < -0.39 is 22.1 Å². The Balaban J connectivity index is 2.13. The zero-order chi connectivity index (χ0) is 18.8. The average Bonchev–Trinajstić information content (AvgIpc) is 2.77. The van der Waals surface area contributed by atoms with Gasteiger partial charge in [-0.05, 0) is 25.2 Å². The maximum atomic E-state index is 12.8. The summed E-state index contributed by atoms with van der Waals surface area (Å²) in [5.41, 5.74) is -2.09. The average molecular weight is 350 g/mol. The highest BCUT2D eigenvalue weighted by Gasteiger charge is 2.57. The Morgan fingerprint density at radius 1 is 1.24 bits per heavy atom. The van der Waals surface area contributed by atoms with E-state index in [4.69, 9.17) is 0 Å². The van der Waals surface area contributed by atoms with Crippen LogP contribution < -0.4 is 21.9 Å². The van der Waals surface area contributed by atoms with Crippen molar-refractivity contribution in [2.75, 3.05) is 6.54 Å². The molecular formula is C17H26N4O4. The number of amides is 2. The van der Waals surface area contributed by atoms with Crippen LogP contribution in [0.3, 0.4) is 0 Å². The third-order valence-electron chi connectivity index (χ3n) is 5.73. The van der Waals surface area contributed by atoms with Crippen molar-refractivity contribution in [3.63, 3.8) is 0 Å².